The predicted octanol–water partition coefficient (Wildman–Crippen LogP) is 1.93. The lowest BCUT2D eigenvalue weighted by Gasteiger charge is -2.29. The molecule has 0 N–H and O–H groups in total. The maximum Gasteiger partial charge on any atom is 0.102 e. The summed E-state index contributed by atoms with van der Waals surface area (Å²) in [5, 5.41) is 0. The SMILES string of the molecule is COCCOCC[N+](C)(C)CCCCOC(C)C. The van der Waals surface area contributed by atoms with Crippen LogP contribution in [0.3, 0.4) is 0 Å². The van der Waals surface area contributed by atoms with Crippen LogP contribution < -0.4 is 0 Å². The summed E-state index contributed by atoms with van der Waals surface area (Å²) in [4.78, 5) is 0. The van der Waals surface area contributed by atoms with E-state index in [1.807, 2.05) is 0 Å². The Kier molecular flexibility index (Phi) is 10.6. The molecular formula is C14H32NO3+. The average molecular weight is 262 g/mol. The lowest BCUT2D eigenvalue weighted by Crippen LogP contribution is -2.43. The Morgan fingerprint density at radius 3 is 2.22 bits per heavy atom. The molecule has 4 nitrogen and oxygen atoms in total. The first-order chi connectivity index (χ1) is 8.48. The fraction of sp³-hybridized carbons (Fsp3) is 1.00. The van der Waals surface area contributed by atoms with Crippen molar-refractivity contribution in [3.63, 3.8) is 0 Å². The van der Waals surface area contributed by atoms with Gasteiger partial charge in [0.15, 0.2) is 0 Å². The second-order valence-corrected chi connectivity index (χ2v) is 5.61. The second-order valence-electron chi connectivity index (χ2n) is 5.61. The maximum atomic E-state index is 5.54. The molecule has 0 fully saturated rings. The summed E-state index contributed by atoms with van der Waals surface area (Å²) in [7, 11) is 6.20. The van der Waals surface area contributed by atoms with Gasteiger partial charge >= 0.3 is 0 Å². The molecule has 0 atom stereocenters. The van der Waals surface area contributed by atoms with E-state index >= 15 is 0 Å². The first-order valence-electron chi connectivity index (χ1n) is 6.98. The normalized spacial score (nSPS) is 12.3. The van der Waals surface area contributed by atoms with E-state index in [1.165, 1.54) is 13.0 Å². The van der Waals surface area contributed by atoms with Crippen molar-refractivity contribution in [3.8, 4) is 0 Å². The zero-order valence-electron chi connectivity index (χ0n) is 12.9. The van der Waals surface area contributed by atoms with E-state index in [0.29, 0.717) is 19.3 Å². The van der Waals surface area contributed by atoms with Crippen molar-refractivity contribution in [2.24, 2.45) is 0 Å². The van der Waals surface area contributed by atoms with Gasteiger partial charge in [-0.3, -0.25) is 0 Å². The summed E-state index contributed by atoms with van der Waals surface area (Å²) in [6.45, 7) is 9.44. The summed E-state index contributed by atoms with van der Waals surface area (Å²) in [6.07, 6.45) is 2.70. The molecular weight excluding hydrogens is 230 g/mol. The fourth-order valence-electron chi connectivity index (χ4n) is 1.63. The zero-order chi connectivity index (χ0) is 13.9. The van der Waals surface area contributed by atoms with E-state index in [1.54, 1.807) is 7.11 Å². The number of methoxy groups -OCH3 is 1. The predicted molar refractivity (Wildman–Crippen MR) is 74.9 cm³/mol. The molecule has 0 rings (SSSR count). The van der Waals surface area contributed by atoms with E-state index in [0.717, 1.165) is 30.7 Å². The Morgan fingerprint density at radius 1 is 0.889 bits per heavy atom. The summed E-state index contributed by atoms with van der Waals surface area (Å²) in [5.41, 5.74) is 0. The first-order valence-corrected chi connectivity index (χ1v) is 6.98. The highest BCUT2D eigenvalue weighted by atomic mass is 16.5. The highest BCUT2D eigenvalue weighted by Gasteiger charge is 2.13. The van der Waals surface area contributed by atoms with Gasteiger partial charge in [0.25, 0.3) is 0 Å². The molecule has 0 unspecified atom stereocenters. The van der Waals surface area contributed by atoms with Crippen LogP contribution in [0.1, 0.15) is 26.7 Å². The summed E-state index contributed by atoms with van der Waals surface area (Å²) < 4.78 is 17.0. The number of nitrogens with zero attached hydrogens (tertiary/aromatic N) is 1. The van der Waals surface area contributed by atoms with Gasteiger partial charge in [-0.25, -0.2) is 0 Å². The van der Waals surface area contributed by atoms with Crippen LogP contribution in [0.5, 0.6) is 0 Å². The van der Waals surface area contributed by atoms with Gasteiger partial charge in [-0.1, -0.05) is 0 Å². The molecule has 0 radical (unpaired) electrons. The third-order valence-electron chi connectivity index (χ3n) is 2.88. The van der Waals surface area contributed by atoms with Gasteiger partial charge in [0.2, 0.25) is 0 Å². The maximum absolute atomic E-state index is 5.54. The van der Waals surface area contributed by atoms with Gasteiger partial charge in [0.1, 0.15) is 6.54 Å². The fourth-order valence-corrected chi connectivity index (χ4v) is 1.63. The Hall–Kier alpha value is -0.160. The van der Waals surface area contributed by atoms with Crippen molar-refractivity contribution in [3.05, 3.63) is 0 Å². The van der Waals surface area contributed by atoms with E-state index in [9.17, 15) is 0 Å². The first kappa shape index (κ1) is 17.8. The monoisotopic (exact) mass is 262 g/mol. The highest BCUT2D eigenvalue weighted by Crippen LogP contribution is 2.03. The van der Waals surface area contributed by atoms with Crippen LogP contribution in [-0.2, 0) is 14.2 Å². The van der Waals surface area contributed by atoms with Crippen molar-refractivity contribution in [1.82, 2.24) is 0 Å². The lowest BCUT2D eigenvalue weighted by atomic mass is 10.3. The number of ether oxygens (including phenoxy) is 3. The van der Waals surface area contributed by atoms with Crippen LogP contribution in [-0.4, -0.2) is 71.3 Å². The Labute approximate surface area is 113 Å². The third-order valence-corrected chi connectivity index (χ3v) is 2.88. The molecule has 18 heavy (non-hydrogen) atoms. The standard InChI is InChI=1S/C14H32NO3/c1-14(2)18-10-7-6-8-15(3,4)9-11-17-13-12-16-5/h14H,6-13H2,1-5H3/q+1. The molecule has 0 spiro atoms. The van der Waals surface area contributed by atoms with Crippen molar-refractivity contribution in [1.29, 1.82) is 0 Å². The Balaban J connectivity index is 3.42. The minimum Gasteiger partial charge on any atom is -0.382 e. The molecule has 0 aliphatic carbocycles. The smallest absolute Gasteiger partial charge is 0.102 e. The molecule has 4 heteroatoms. The van der Waals surface area contributed by atoms with Crippen molar-refractivity contribution >= 4 is 0 Å². The van der Waals surface area contributed by atoms with Gasteiger partial charge in [0.05, 0.1) is 46.6 Å². The lowest BCUT2D eigenvalue weighted by molar-refractivity contribution is -0.891. The number of quaternary nitrogens is 1. The van der Waals surface area contributed by atoms with Crippen molar-refractivity contribution in [2.75, 3.05) is 60.7 Å². The van der Waals surface area contributed by atoms with Crippen LogP contribution >= 0.6 is 0 Å². The van der Waals surface area contributed by atoms with Crippen LogP contribution in [0.4, 0.5) is 0 Å². The summed E-state index contributed by atoms with van der Waals surface area (Å²) in [6, 6.07) is 0. The number of unbranched alkanes of at least 4 members (excludes halogenated alkanes) is 1. The topological polar surface area (TPSA) is 27.7 Å². The van der Waals surface area contributed by atoms with Crippen LogP contribution in [0.2, 0.25) is 0 Å². The van der Waals surface area contributed by atoms with Gasteiger partial charge < -0.3 is 18.7 Å². The second kappa shape index (κ2) is 10.7. The Morgan fingerprint density at radius 2 is 1.61 bits per heavy atom. The molecule has 0 aliphatic heterocycles. The number of hydrogen-bond donors (Lipinski definition) is 0. The van der Waals surface area contributed by atoms with Gasteiger partial charge in [0, 0.05) is 13.7 Å². The Bertz CT molecular complexity index is 184. The summed E-state index contributed by atoms with van der Waals surface area (Å²) >= 11 is 0. The third kappa shape index (κ3) is 12.3. The quantitative estimate of drug-likeness (QED) is 0.397. The minimum absolute atomic E-state index is 0.349. The highest BCUT2D eigenvalue weighted by molar-refractivity contribution is 4.43. The molecule has 0 aliphatic rings. The molecule has 0 heterocycles. The molecule has 0 amide bonds. The van der Waals surface area contributed by atoms with Crippen LogP contribution in [0.25, 0.3) is 0 Å². The van der Waals surface area contributed by atoms with E-state index < -0.39 is 0 Å². The molecule has 0 saturated heterocycles. The van der Waals surface area contributed by atoms with E-state index in [2.05, 4.69) is 27.9 Å². The van der Waals surface area contributed by atoms with E-state index in [-0.39, 0.29) is 0 Å². The van der Waals surface area contributed by atoms with Gasteiger partial charge in [-0.15, -0.1) is 0 Å². The number of rotatable bonds is 12. The number of hydrogen-bond acceptors (Lipinski definition) is 3. The molecule has 0 aromatic carbocycles. The molecule has 0 aromatic heterocycles. The summed E-state index contributed by atoms with van der Waals surface area (Å²) in [5.74, 6) is 0. The molecule has 0 aromatic rings. The van der Waals surface area contributed by atoms with E-state index in [4.69, 9.17) is 14.2 Å². The zero-order valence-corrected chi connectivity index (χ0v) is 12.9. The van der Waals surface area contributed by atoms with Crippen LogP contribution in [0.15, 0.2) is 0 Å². The van der Waals surface area contributed by atoms with Gasteiger partial charge in [-0.2, -0.15) is 0 Å². The minimum atomic E-state index is 0.349. The van der Waals surface area contributed by atoms with Crippen LogP contribution in [0, 0.1) is 0 Å². The molecule has 0 saturated carbocycles. The average Bonchev–Trinajstić information content (AvgIpc) is 2.27. The largest absolute Gasteiger partial charge is 0.382 e. The van der Waals surface area contributed by atoms with Crippen molar-refractivity contribution in [2.45, 2.75) is 32.8 Å². The number of likely N-dealkylation sites (N-methyl/N-ethyl adjacent to an activating group) is 1. The van der Waals surface area contributed by atoms with Crippen molar-refractivity contribution < 1.29 is 18.7 Å². The molecule has 110 valence electrons. The molecule has 0 bridgehead atoms. The van der Waals surface area contributed by atoms with Gasteiger partial charge in [-0.05, 0) is 26.7 Å².